The number of hydrogen-bond acceptors (Lipinski definition) is 4. The Kier molecular flexibility index (Phi) is 5.74. The molecule has 0 bridgehead atoms. The van der Waals surface area contributed by atoms with Gasteiger partial charge < -0.3 is 9.15 Å². The molecule has 0 fully saturated rings. The van der Waals surface area contributed by atoms with E-state index in [4.69, 9.17) is 9.15 Å². The molecule has 2 aromatic carbocycles. The topological polar surface area (TPSA) is 80.6 Å². The van der Waals surface area contributed by atoms with Gasteiger partial charge in [0.25, 0.3) is 5.91 Å². The number of benzene rings is 2. The molecule has 2 N–H and O–H groups in total. The molecule has 1 aromatic heterocycles. The molecule has 3 rings (SSSR count). The van der Waals surface area contributed by atoms with Crippen LogP contribution >= 0.6 is 0 Å². The molecule has 6 nitrogen and oxygen atoms in total. The number of rotatable bonds is 5. The number of furan rings is 1. The number of carbonyl (C=O) groups excluding carboxylic acids is 2. The average Bonchev–Trinajstić information content (AvgIpc) is 3.16. The van der Waals surface area contributed by atoms with E-state index >= 15 is 0 Å². The molecule has 0 aliphatic rings. The predicted molar refractivity (Wildman–Crippen MR) is 101 cm³/mol. The van der Waals surface area contributed by atoms with E-state index in [9.17, 15) is 14.0 Å². The summed E-state index contributed by atoms with van der Waals surface area (Å²) in [4.78, 5) is 24.0. The molecule has 0 atom stereocenters. The van der Waals surface area contributed by atoms with Crippen molar-refractivity contribution in [3.05, 3.63) is 77.3 Å². The van der Waals surface area contributed by atoms with Gasteiger partial charge in [-0.1, -0.05) is 30.3 Å². The third-order valence-electron chi connectivity index (χ3n) is 4.04. The molecular formula is C21H19FN2O4. The van der Waals surface area contributed by atoms with E-state index in [0.717, 1.165) is 11.1 Å². The fourth-order valence-electron chi connectivity index (χ4n) is 2.65. The van der Waals surface area contributed by atoms with Crippen molar-refractivity contribution in [3.8, 4) is 17.1 Å². The van der Waals surface area contributed by atoms with Crippen LogP contribution in [-0.2, 0) is 4.79 Å². The standard InChI is InChI=1S/C21H19FN2O4/c1-13-6-5-7-14(2)20(13)27-12-19(25)23-24-21(26)18-11-10-17(28-18)15-8-3-4-9-16(15)22/h3-11H,12H2,1-2H3,(H,23,25)(H,24,26). The van der Waals surface area contributed by atoms with Crippen molar-refractivity contribution in [2.75, 3.05) is 6.61 Å². The molecular weight excluding hydrogens is 363 g/mol. The zero-order chi connectivity index (χ0) is 20.1. The highest BCUT2D eigenvalue weighted by Crippen LogP contribution is 2.24. The van der Waals surface area contributed by atoms with Gasteiger partial charge in [0.1, 0.15) is 17.3 Å². The second-order valence-corrected chi connectivity index (χ2v) is 6.16. The summed E-state index contributed by atoms with van der Waals surface area (Å²) in [5.41, 5.74) is 6.55. The lowest BCUT2D eigenvalue weighted by atomic mass is 10.1. The first-order valence-corrected chi connectivity index (χ1v) is 8.58. The van der Waals surface area contributed by atoms with E-state index in [1.807, 2.05) is 32.0 Å². The Labute approximate surface area is 161 Å². The smallest absolute Gasteiger partial charge is 0.305 e. The summed E-state index contributed by atoms with van der Waals surface area (Å²) >= 11 is 0. The summed E-state index contributed by atoms with van der Waals surface area (Å²) in [6.45, 7) is 3.50. The third-order valence-corrected chi connectivity index (χ3v) is 4.04. The highest BCUT2D eigenvalue weighted by atomic mass is 19.1. The lowest BCUT2D eigenvalue weighted by Crippen LogP contribution is -2.43. The molecule has 28 heavy (non-hydrogen) atoms. The number of hydrazine groups is 1. The van der Waals surface area contributed by atoms with Crippen molar-refractivity contribution in [3.63, 3.8) is 0 Å². The fraction of sp³-hybridized carbons (Fsp3) is 0.143. The maximum absolute atomic E-state index is 13.8. The van der Waals surface area contributed by atoms with Crippen molar-refractivity contribution >= 4 is 11.8 Å². The predicted octanol–water partition coefficient (Wildman–Crippen LogP) is 3.54. The van der Waals surface area contributed by atoms with Crippen LogP contribution in [0.15, 0.2) is 59.0 Å². The monoisotopic (exact) mass is 382 g/mol. The van der Waals surface area contributed by atoms with Gasteiger partial charge >= 0.3 is 5.91 Å². The summed E-state index contributed by atoms with van der Waals surface area (Å²) in [6, 6.07) is 14.6. The number of nitrogens with one attached hydrogen (secondary N) is 2. The zero-order valence-electron chi connectivity index (χ0n) is 15.4. The van der Waals surface area contributed by atoms with Gasteiger partial charge in [-0.3, -0.25) is 20.4 Å². The Morgan fingerprint density at radius 3 is 2.39 bits per heavy atom. The van der Waals surface area contributed by atoms with Crippen LogP contribution in [0.4, 0.5) is 4.39 Å². The lowest BCUT2D eigenvalue weighted by molar-refractivity contribution is -0.123. The highest BCUT2D eigenvalue weighted by molar-refractivity contribution is 5.93. The van der Waals surface area contributed by atoms with Gasteiger partial charge in [0.15, 0.2) is 12.4 Å². The molecule has 1 heterocycles. The van der Waals surface area contributed by atoms with Crippen LogP contribution in [0.3, 0.4) is 0 Å². The fourth-order valence-corrected chi connectivity index (χ4v) is 2.65. The number of ether oxygens (including phenoxy) is 1. The summed E-state index contributed by atoms with van der Waals surface area (Å²) < 4.78 is 24.7. The van der Waals surface area contributed by atoms with Gasteiger partial charge in [-0.05, 0) is 49.2 Å². The Morgan fingerprint density at radius 2 is 1.68 bits per heavy atom. The van der Waals surface area contributed by atoms with Gasteiger partial charge in [0.05, 0.1) is 5.56 Å². The summed E-state index contributed by atoms with van der Waals surface area (Å²) in [6.07, 6.45) is 0. The lowest BCUT2D eigenvalue weighted by Gasteiger charge is -2.12. The SMILES string of the molecule is Cc1cccc(C)c1OCC(=O)NNC(=O)c1ccc(-c2ccccc2F)o1. The Balaban J connectivity index is 1.54. The van der Waals surface area contributed by atoms with Crippen molar-refractivity contribution in [2.24, 2.45) is 0 Å². The molecule has 144 valence electrons. The highest BCUT2D eigenvalue weighted by Gasteiger charge is 2.15. The van der Waals surface area contributed by atoms with Crippen LogP contribution in [0, 0.1) is 19.7 Å². The van der Waals surface area contributed by atoms with E-state index in [1.54, 1.807) is 18.2 Å². The number of hydrogen-bond donors (Lipinski definition) is 2. The number of halogens is 1. The van der Waals surface area contributed by atoms with Gasteiger partial charge in [-0.15, -0.1) is 0 Å². The van der Waals surface area contributed by atoms with E-state index in [2.05, 4.69) is 10.9 Å². The molecule has 0 aliphatic heterocycles. The second-order valence-electron chi connectivity index (χ2n) is 6.16. The first-order valence-electron chi connectivity index (χ1n) is 8.58. The van der Waals surface area contributed by atoms with E-state index in [1.165, 1.54) is 18.2 Å². The van der Waals surface area contributed by atoms with Crippen LogP contribution in [0.25, 0.3) is 11.3 Å². The molecule has 7 heteroatoms. The quantitative estimate of drug-likeness (QED) is 0.662. The third kappa shape index (κ3) is 4.37. The van der Waals surface area contributed by atoms with Gasteiger partial charge in [0.2, 0.25) is 0 Å². The van der Waals surface area contributed by atoms with Crippen LogP contribution in [-0.4, -0.2) is 18.4 Å². The minimum absolute atomic E-state index is 0.0609. The first-order chi connectivity index (χ1) is 13.5. The van der Waals surface area contributed by atoms with Crippen LogP contribution in [0.2, 0.25) is 0 Å². The number of para-hydroxylation sites is 1. The van der Waals surface area contributed by atoms with E-state index < -0.39 is 17.6 Å². The molecule has 0 saturated heterocycles. The second kappa shape index (κ2) is 8.39. The molecule has 3 aromatic rings. The zero-order valence-corrected chi connectivity index (χ0v) is 15.4. The van der Waals surface area contributed by atoms with Crippen molar-refractivity contribution in [1.29, 1.82) is 0 Å². The molecule has 0 aliphatic carbocycles. The minimum atomic E-state index is -0.664. The molecule has 0 radical (unpaired) electrons. The number of aryl methyl sites for hydroxylation is 2. The van der Waals surface area contributed by atoms with Crippen molar-refractivity contribution < 1.29 is 23.1 Å². The van der Waals surface area contributed by atoms with E-state index in [-0.39, 0.29) is 23.7 Å². The Bertz CT molecular complexity index is 993. The normalized spacial score (nSPS) is 10.4. The maximum atomic E-state index is 13.8. The maximum Gasteiger partial charge on any atom is 0.305 e. The van der Waals surface area contributed by atoms with Gasteiger partial charge in [-0.2, -0.15) is 0 Å². The van der Waals surface area contributed by atoms with Crippen molar-refractivity contribution in [1.82, 2.24) is 10.9 Å². The minimum Gasteiger partial charge on any atom is -0.483 e. The van der Waals surface area contributed by atoms with Crippen LogP contribution in [0.1, 0.15) is 21.7 Å². The molecule has 0 unspecified atom stereocenters. The van der Waals surface area contributed by atoms with Crippen molar-refractivity contribution in [2.45, 2.75) is 13.8 Å². The molecule has 0 saturated carbocycles. The van der Waals surface area contributed by atoms with Crippen LogP contribution in [0.5, 0.6) is 5.75 Å². The first kappa shape index (κ1) is 19.2. The number of carbonyl (C=O) groups is 2. The summed E-state index contributed by atoms with van der Waals surface area (Å²) in [5, 5.41) is 0. The number of amides is 2. The van der Waals surface area contributed by atoms with Gasteiger partial charge in [-0.25, -0.2) is 4.39 Å². The Hall–Kier alpha value is -3.61. The molecule has 0 spiro atoms. The summed E-state index contributed by atoms with van der Waals surface area (Å²) in [5.74, 6) is -0.868. The largest absolute Gasteiger partial charge is 0.483 e. The Morgan fingerprint density at radius 1 is 0.964 bits per heavy atom. The summed E-state index contributed by atoms with van der Waals surface area (Å²) in [7, 11) is 0. The average molecular weight is 382 g/mol. The van der Waals surface area contributed by atoms with Crippen LogP contribution < -0.4 is 15.6 Å². The van der Waals surface area contributed by atoms with Gasteiger partial charge in [0, 0.05) is 0 Å². The molecule has 2 amide bonds. The van der Waals surface area contributed by atoms with E-state index in [0.29, 0.717) is 5.75 Å².